The summed E-state index contributed by atoms with van der Waals surface area (Å²) < 4.78 is 11.6. The van der Waals surface area contributed by atoms with E-state index in [9.17, 15) is 14.4 Å². The Morgan fingerprint density at radius 3 is 2.56 bits per heavy atom. The molecule has 3 amide bonds. The van der Waals surface area contributed by atoms with Crippen LogP contribution in [0.25, 0.3) is 11.3 Å². The molecular weight excluding hydrogens is 568 g/mol. The van der Waals surface area contributed by atoms with E-state index >= 15 is 0 Å². The van der Waals surface area contributed by atoms with Gasteiger partial charge in [-0.3, -0.25) is 24.8 Å². The van der Waals surface area contributed by atoms with E-state index in [1.54, 1.807) is 54.0 Å². The Balaban J connectivity index is 1.22. The summed E-state index contributed by atoms with van der Waals surface area (Å²) in [6.45, 7) is 2.33. The van der Waals surface area contributed by atoms with E-state index < -0.39 is 23.6 Å². The Hall–Kier alpha value is -3.84. The van der Waals surface area contributed by atoms with E-state index in [4.69, 9.17) is 32.2 Å². The van der Waals surface area contributed by atoms with Crippen molar-refractivity contribution in [1.82, 2.24) is 20.5 Å². The molecule has 1 spiro atoms. The maximum Gasteiger partial charge on any atom is 0.251 e. The molecule has 13 heteroatoms. The van der Waals surface area contributed by atoms with Crippen LogP contribution in [0.15, 0.2) is 54.0 Å². The molecule has 4 heterocycles. The lowest BCUT2D eigenvalue weighted by molar-refractivity contribution is -0.152. The third-order valence-corrected chi connectivity index (χ3v) is 8.35. The number of amides is 3. The number of aromatic nitrogens is 1. The van der Waals surface area contributed by atoms with Crippen LogP contribution in [0.1, 0.15) is 40.2 Å². The molecule has 2 aromatic heterocycles. The number of pyridine rings is 1. The number of hydrogen-bond acceptors (Lipinski definition) is 8. The SMILES string of the molecule is C[C@H](NC(=O)C1CC2(CN1C(=O)CNC(=O)c1ccc(-c3ccc(Cl)cn3)cc1)OCCO2)c1cc(C(=N)N)cs1. The molecule has 11 nitrogen and oxygen atoms in total. The standard InChI is InChI=1S/C28H29ClN6O5S/c1-16(23-10-19(14-41-23)25(30)31)34-27(38)22-11-28(39-8-9-40-28)15-35(22)24(36)13-33-26(37)18-4-2-17(3-5-18)21-7-6-20(29)12-32-21/h2-7,10,12,14,16,22H,8-9,11,13,15H2,1H3,(H3,30,31)(H,33,37)(H,34,38)/t16-,22?/m0/s1. The Morgan fingerprint density at radius 2 is 1.93 bits per heavy atom. The van der Waals surface area contributed by atoms with Crippen molar-refractivity contribution in [2.75, 3.05) is 26.3 Å². The van der Waals surface area contributed by atoms with Gasteiger partial charge in [0.2, 0.25) is 11.8 Å². The molecule has 2 aliphatic rings. The van der Waals surface area contributed by atoms with Crippen LogP contribution in [-0.2, 0) is 19.1 Å². The fraction of sp³-hybridized carbons (Fsp3) is 0.321. The number of hydrogen-bond donors (Lipinski definition) is 4. The molecule has 0 aliphatic carbocycles. The van der Waals surface area contributed by atoms with Crippen LogP contribution in [-0.4, -0.2) is 71.6 Å². The number of nitrogens with two attached hydrogens (primary N) is 1. The minimum absolute atomic E-state index is 0.0485. The molecule has 2 atom stereocenters. The average Bonchev–Trinajstić information content (AvgIpc) is 3.73. The fourth-order valence-corrected chi connectivity index (χ4v) is 5.87. The molecule has 2 fully saturated rings. The summed E-state index contributed by atoms with van der Waals surface area (Å²) in [6.07, 6.45) is 1.72. The third kappa shape index (κ3) is 6.41. The second-order valence-corrected chi connectivity index (χ2v) is 11.2. The minimum Gasteiger partial charge on any atom is -0.384 e. The number of nitrogen functional groups attached to an aromatic ring is 1. The molecule has 1 aromatic carbocycles. The lowest BCUT2D eigenvalue weighted by atomic mass is 10.1. The number of rotatable bonds is 8. The highest BCUT2D eigenvalue weighted by Crippen LogP contribution is 2.35. The number of nitrogens with zero attached hydrogens (tertiary/aromatic N) is 2. The van der Waals surface area contributed by atoms with Crippen LogP contribution in [0.3, 0.4) is 0 Å². The van der Waals surface area contributed by atoms with Crippen LogP contribution in [0, 0.1) is 5.41 Å². The monoisotopic (exact) mass is 596 g/mol. The lowest BCUT2D eigenvalue weighted by Gasteiger charge is -2.25. The predicted octanol–water partition coefficient (Wildman–Crippen LogP) is 2.70. The predicted molar refractivity (Wildman–Crippen MR) is 154 cm³/mol. The second-order valence-electron chi connectivity index (χ2n) is 9.85. The first-order valence-corrected chi connectivity index (χ1v) is 14.2. The van der Waals surface area contributed by atoms with Crippen molar-refractivity contribution >= 4 is 46.5 Å². The zero-order valence-corrected chi connectivity index (χ0v) is 23.8. The van der Waals surface area contributed by atoms with E-state index in [0.717, 1.165) is 10.4 Å². The summed E-state index contributed by atoms with van der Waals surface area (Å²) in [5, 5.41) is 15.5. The topological polar surface area (TPSA) is 160 Å². The van der Waals surface area contributed by atoms with Gasteiger partial charge in [0.15, 0.2) is 5.79 Å². The van der Waals surface area contributed by atoms with Crippen molar-refractivity contribution in [2.45, 2.75) is 31.2 Å². The van der Waals surface area contributed by atoms with E-state index in [-0.39, 0.29) is 37.3 Å². The third-order valence-electron chi connectivity index (χ3n) is 7.02. The summed E-state index contributed by atoms with van der Waals surface area (Å²) in [4.78, 5) is 46.0. The molecule has 41 heavy (non-hydrogen) atoms. The van der Waals surface area contributed by atoms with Gasteiger partial charge in [-0.1, -0.05) is 23.7 Å². The van der Waals surface area contributed by atoms with Gasteiger partial charge in [0.1, 0.15) is 11.9 Å². The summed E-state index contributed by atoms with van der Waals surface area (Å²) in [5.74, 6) is -2.32. The first kappa shape index (κ1) is 28.7. The van der Waals surface area contributed by atoms with E-state index in [1.807, 2.05) is 6.92 Å². The average molecular weight is 597 g/mol. The van der Waals surface area contributed by atoms with Gasteiger partial charge < -0.3 is 30.7 Å². The number of benzene rings is 1. The first-order chi connectivity index (χ1) is 19.6. The van der Waals surface area contributed by atoms with Gasteiger partial charge in [-0.15, -0.1) is 11.3 Å². The Kier molecular flexibility index (Phi) is 8.36. The highest BCUT2D eigenvalue weighted by atomic mass is 35.5. The molecule has 0 saturated carbocycles. The number of carbonyl (C=O) groups excluding carboxylic acids is 3. The van der Waals surface area contributed by atoms with Crippen LogP contribution in [0.5, 0.6) is 0 Å². The Bertz CT molecular complexity index is 1460. The number of carbonyl (C=O) groups is 3. The highest BCUT2D eigenvalue weighted by Gasteiger charge is 2.52. The first-order valence-electron chi connectivity index (χ1n) is 12.9. The number of thiophene rings is 1. The number of ether oxygens (including phenoxy) is 2. The molecule has 1 unspecified atom stereocenters. The molecule has 214 valence electrons. The van der Waals surface area contributed by atoms with Crippen molar-refractivity contribution in [2.24, 2.45) is 5.73 Å². The lowest BCUT2D eigenvalue weighted by Crippen LogP contribution is -2.49. The zero-order chi connectivity index (χ0) is 29.1. The van der Waals surface area contributed by atoms with Crippen molar-refractivity contribution in [3.63, 3.8) is 0 Å². The summed E-state index contributed by atoms with van der Waals surface area (Å²) in [7, 11) is 0. The smallest absolute Gasteiger partial charge is 0.251 e. The minimum atomic E-state index is -1.05. The van der Waals surface area contributed by atoms with Crippen LogP contribution < -0.4 is 16.4 Å². The molecule has 0 radical (unpaired) electrons. The van der Waals surface area contributed by atoms with Crippen molar-refractivity contribution in [3.05, 3.63) is 75.1 Å². The maximum absolute atomic E-state index is 13.4. The summed E-state index contributed by atoms with van der Waals surface area (Å²) in [6, 6.07) is 10.9. The maximum atomic E-state index is 13.4. The van der Waals surface area contributed by atoms with Crippen LogP contribution in [0.2, 0.25) is 5.02 Å². The second kappa shape index (κ2) is 12.0. The number of likely N-dealkylation sites (tertiary alicyclic amines) is 1. The van der Waals surface area contributed by atoms with Gasteiger partial charge in [0.25, 0.3) is 5.91 Å². The zero-order valence-electron chi connectivity index (χ0n) is 22.2. The number of amidine groups is 1. The highest BCUT2D eigenvalue weighted by molar-refractivity contribution is 7.10. The molecular formula is C28H29ClN6O5S. The molecule has 5 rings (SSSR count). The molecule has 3 aromatic rings. The Labute approximate surface area is 245 Å². The molecule has 5 N–H and O–H groups in total. The fourth-order valence-electron chi connectivity index (χ4n) is 4.84. The molecule has 0 bridgehead atoms. The van der Waals surface area contributed by atoms with E-state index in [0.29, 0.717) is 35.1 Å². The summed E-state index contributed by atoms with van der Waals surface area (Å²) >= 11 is 7.28. The number of halogens is 1. The van der Waals surface area contributed by atoms with Crippen molar-refractivity contribution in [1.29, 1.82) is 5.41 Å². The largest absolute Gasteiger partial charge is 0.384 e. The van der Waals surface area contributed by atoms with Crippen LogP contribution >= 0.6 is 22.9 Å². The molecule has 2 saturated heterocycles. The van der Waals surface area contributed by atoms with Gasteiger partial charge in [-0.25, -0.2) is 0 Å². The quantitative estimate of drug-likeness (QED) is 0.230. The summed E-state index contributed by atoms with van der Waals surface area (Å²) in [5.41, 5.74) is 8.05. The van der Waals surface area contributed by atoms with Crippen molar-refractivity contribution < 1.29 is 23.9 Å². The van der Waals surface area contributed by atoms with Crippen molar-refractivity contribution in [3.8, 4) is 11.3 Å². The van der Waals surface area contributed by atoms with Gasteiger partial charge in [-0.2, -0.15) is 0 Å². The number of nitrogens with one attached hydrogen (secondary N) is 3. The Morgan fingerprint density at radius 1 is 1.20 bits per heavy atom. The van der Waals surface area contributed by atoms with Gasteiger partial charge in [-0.05, 0) is 37.3 Å². The molecule has 2 aliphatic heterocycles. The van der Waals surface area contributed by atoms with E-state index in [2.05, 4.69) is 15.6 Å². The van der Waals surface area contributed by atoms with E-state index in [1.165, 1.54) is 16.2 Å². The van der Waals surface area contributed by atoms with Crippen LogP contribution in [0.4, 0.5) is 0 Å². The van der Waals surface area contributed by atoms with Gasteiger partial charge in [0, 0.05) is 39.6 Å². The normalized spacial score (nSPS) is 18.3. The van der Waals surface area contributed by atoms with Gasteiger partial charge in [0.05, 0.1) is 43.1 Å². The van der Waals surface area contributed by atoms with Gasteiger partial charge >= 0.3 is 0 Å².